The first-order valence-electron chi connectivity index (χ1n) is 17.8. The lowest BCUT2D eigenvalue weighted by atomic mass is 10.0. The van der Waals surface area contributed by atoms with Crippen LogP contribution in [0.25, 0.3) is 21.8 Å². The topological polar surface area (TPSA) is 224 Å². The molecule has 2 heterocycles. The number of hydrogen-bond acceptors (Lipinski definition) is 11. The highest BCUT2D eigenvalue weighted by Crippen LogP contribution is 2.30. The molecule has 0 aliphatic heterocycles. The minimum atomic E-state index is -4.14. The Morgan fingerprint density at radius 1 is 0.786 bits per heavy atom. The predicted molar refractivity (Wildman–Crippen MR) is 203 cm³/mol. The van der Waals surface area contributed by atoms with Crippen molar-refractivity contribution in [1.82, 2.24) is 15.4 Å². The van der Waals surface area contributed by atoms with E-state index >= 15 is 0 Å². The number of rotatable bonds is 18. The van der Waals surface area contributed by atoms with Gasteiger partial charge in [0.2, 0.25) is 28.7 Å². The van der Waals surface area contributed by atoms with Crippen molar-refractivity contribution in [1.29, 1.82) is 0 Å². The quantitative estimate of drug-likeness (QED) is 0.0215. The second-order valence-corrected chi connectivity index (χ2v) is 14.5. The van der Waals surface area contributed by atoms with Crippen molar-refractivity contribution in [3.05, 3.63) is 95.1 Å². The van der Waals surface area contributed by atoms with E-state index in [0.717, 1.165) is 12.1 Å². The SMILES string of the molecule is Cc1cc(C(=O)NCCOCCNC(=O)CCCC(=O)On2c(O)ccc2O)cc(C)c1OC(=O)c1c2ccccc2[n+](CCCS(=O)(=O)O)c2ccccc12. The number of aromatic nitrogens is 2. The number of fused-ring (bicyclic) bond motifs is 2. The maximum absolute atomic E-state index is 14.0. The summed E-state index contributed by atoms with van der Waals surface area (Å²) in [6.07, 6.45) is 0.297. The normalized spacial score (nSPS) is 11.4. The average molecular weight is 792 g/mol. The van der Waals surface area contributed by atoms with E-state index in [1.165, 1.54) is 0 Å². The third-order valence-corrected chi connectivity index (χ3v) is 9.51. The summed E-state index contributed by atoms with van der Waals surface area (Å²) in [6, 6.07) is 20.1. The van der Waals surface area contributed by atoms with Gasteiger partial charge in [0.05, 0.1) is 35.3 Å². The van der Waals surface area contributed by atoms with Crippen molar-refractivity contribution in [3.8, 4) is 17.5 Å². The number of ether oxygens (including phenoxy) is 2. The molecule has 56 heavy (non-hydrogen) atoms. The van der Waals surface area contributed by atoms with Crippen LogP contribution in [0.3, 0.4) is 0 Å². The Morgan fingerprint density at radius 2 is 1.36 bits per heavy atom. The van der Waals surface area contributed by atoms with Crippen LogP contribution < -0.4 is 24.8 Å². The van der Waals surface area contributed by atoms with Crippen LogP contribution in [0.4, 0.5) is 0 Å². The number of hydrogen-bond donors (Lipinski definition) is 5. The number of pyridine rings is 1. The molecule has 296 valence electrons. The number of carbonyl (C=O) groups excluding carboxylic acids is 4. The molecule has 2 aromatic heterocycles. The van der Waals surface area contributed by atoms with Crippen molar-refractivity contribution in [2.45, 2.75) is 46.1 Å². The Hall–Kier alpha value is -6.04. The number of para-hydroxylation sites is 2. The molecule has 0 saturated carbocycles. The van der Waals surface area contributed by atoms with E-state index in [0.29, 0.717) is 54.5 Å². The van der Waals surface area contributed by atoms with Gasteiger partial charge in [-0.3, -0.25) is 14.1 Å². The first-order chi connectivity index (χ1) is 26.7. The number of nitrogens with zero attached hydrogens (tertiary/aromatic N) is 2. The summed E-state index contributed by atoms with van der Waals surface area (Å²) in [6.45, 7) is 4.53. The molecule has 5 rings (SSSR count). The second kappa shape index (κ2) is 18.5. The molecule has 5 N–H and O–H groups in total. The van der Waals surface area contributed by atoms with Crippen LogP contribution in [0, 0.1) is 13.8 Å². The van der Waals surface area contributed by atoms with Crippen LogP contribution >= 0.6 is 0 Å². The summed E-state index contributed by atoms with van der Waals surface area (Å²) >= 11 is 0. The van der Waals surface area contributed by atoms with Crippen molar-refractivity contribution in [3.63, 3.8) is 0 Å². The Morgan fingerprint density at radius 3 is 1.95 bits per heavy atom. The highest BCUT2D eigenvalue weighted by molar-refractivity contribution is 7.85. The number of aryl methyl sites for hydroxylation is 3. The van der Waals surface area contributed by atoms with Gasteiger partial charge in [-0.15, -0.1) is 4.73 Å². The van der Waals surface area contributed by atoms with Crippen molar-refractivity contribution >= 4 is 55.7 Å². The molecule has 0 fully saturated rings. The maximum Gasteiger partial charge on any atom is 0.345 e. The van der Waals surface area contributed by atoms with Crippen LogP contribution in [-0.4, -0.2) is 83.7 Å². The Kier molecular flexibility index (Phi) is 13.6. The summed E-state index contributed by atoms with van der Waals surface area (Å²) in [4.78, 5) is 55.7. The van der Waals surface area contributed by atoms with Gasteiger partial charge < -0.3 is 35.2 Å². The molecular formula is C39H43N4O12S+. The van der Waals surface area contributed by atoms with Gasteiger partial charge in [-0.05, 0) is 55.7 Å². The summed E-state index contributed by atoms with van der Waals surface area (Å²) in [5.41, 5.74) is 3.21. The molecule has 0 unspecified atom stereocenters. The minimum Gasteiger partial charge on any atom is -0.492 e. The number of nitrogens with one attached hydrogen (secondary N) is 2. The molecule has 17 heteroatoms. The third kappa shape index (κ3) is 10.6. The van der Waals surface area contributed by atoms with Gasteiger partial charge >= 0.3 is 11.9 Å². The standard InChI is InChI=1S/C39H42N4O12S/c1-25-23-27(38(48)41-18-21-53-20-17-40-32(44)13-7-14-35(47)55-43-33(45)15-16-34(43)46)24-26(2)37(25)54-39(49)36-28-9-3-5-11-30(28)42(19-8-22-56(50,51)52)31-12-6-4-10-29(31)36/h3-6,9-12,15-16,23-24H,7-8,13-14,17-22H2,1-2H3,(H4,40,41,44,48,49,50,51,52)/p+1. The number of esters is 1. The van der Waals surface area contributed by atoms with Gasteiger partial charge in [-0.1, -0.05) is 24.3 Å². The van der Waals surface area contributed by atoms with Crippen LogP contribution in [0.15, 0.2) is 72.8 Å². The Balaban J connectivity index is 1.10. The largest absolute Gasteiger partial charge is 0.492 e. The predicted octanol–water partition coefficient (Wildman–Crippen LogP) is 3.30. The molecular weight excluding hydrogens is 749 g/mol. The summed E-state index contributed by atoms with van der Waals surface area (Å²) in [5, 5.41) is 25.7. The lowest BCUT2D eigenvalue weighted by Crippen LogP contribution is -2.37. The zero-order valence-electron chi connectivity index (χ0n) is 30.8. The fourth-order valence-electron chi connectivity index (χ4n) is 6.20. The van der Waals surface area contributed by atoms with E-state index in [-0.39, 0.29) is 70.3 Å². The van der Waals surface area contributed by atoms with E-state index in [9.17, 15) is 42.4 Å². The highest BCUT2D eigenvalue weighted by atomic mass is 32.2. The molecule has 2 amide bonds. The van der Waals surface area contributed by atoms with Crippen LogP contribution in [0.1, 0.15) is 57.5 Å². The third-order valence-electron chi connectivity index (χ3n) is 8.71. The second-order valence-electron chi connectivity index (χ2n) is 12.9. The molecule has 5 aromatic rings. The van der Waals surface area contributed by atoms with Gasteiger partial charge in [0, 0.05) is 62.2 Å². The lowest BCUT2D eigenvalue weighted by Gasteiger charge is -2.15. The number of amides is 2. The summed E-state index contributed by atoms with van der Waals surface area (Å²) in [5.74, 6) is -2.95. The Bertz CT molecular complexity index is 2280. The van der Waals surface area contributed by atoms with E-state index in [1.54, 1.807) is 50.2 Å². The first-order valence-corrected chi connectivity index (χ1v) is 19.4. The molecule has 0 radical (unpaired) electrons. The average Bonchev–Trinajstić information content (AvgIpc) is 3.46. The van der Waals surface area contributed by atoms with Gasteiger partial charge in [0.15, 0.2) is 6.54 Å². The molecule has 0 atom stereocenters. The fourth-order valence-corrected chi connectivity index (χ4v) is 6.69. The van der Waals surface area contributed by atoms with Crippen LogP contribution in [-0.2, 0) is 31.0 Å². The van der Waals surface area contributed by atoms with Crippen LogP contribution in [0.2, 0.25) is 0 Å². The van der Waals surface area contributed by atoms with E-state index in [2.05, 4.69) is 10.6 Å². The minimum absolute atomic E-state index is 0.0513. The van der Waals surface area contributed by atoms with E-state index in [4.69, 9.17) is 14.3 Å². The summed E-state index contributed by atoms with van der Waals surface area (Å²) in [7, 11) is -4.14. The van der Waals surface area contributed by atoms with Gasteiger partial charge in [-0.2, -0.15) is 13.0 Å². The molecule has 0 aliphatic carbocycles. The Labute approximate surface area is 322 Å². The zero-order valence-corrected chi connectivity index (χ0v) is 31.6. The van der Waals surface area contributed by atoms with Gasteiger partial charge in [0.25, 0.3) is 16.0 Å². The van der Waals surface area contributed by atoms with E-state index in [1.807, 2.05) is 28.8 Å². The molecule has 0 spiro atoms. The first kappa shape index (κ1) is 41.1. The highest BCUT2D eigenvalue weighted by Gasteiger charge is 2.26. The zero-order chi connectivity index (χ0) is 40.4. The lowest BCUT2D eigenvalue weighted by molar-refractivity contribution is -0.645. The molecule has 3 aromatic carbocycles. The van der Waals surface area contributed by atoms with Crippen LogP contribution in [0.5, 0.6) is 17.5 Å². The smallest absolute Gasteiger partial charge is 0.345 e. The molecule has 16 nitrogen and oxygen atoms in total. The van der Waals surface area contributed by atoms with Crippen molar-refractivity contribution < 1.29 is 61.2 Å². The van der Waals surface area contributed by atoms with Crippen molar-refractivity contribution in [2.24, 2.45) is 0 Å². The molecule has 0 bridgehead atoms. The number of benzene rings is 3. The number of aromatic hydroxyl groups is 2. The fraction of sp³-hybridized carbons (Fsp3) is 0.308. The monoisotopic (exact) mass is 791 g/mol. The van der Waals surface area contributed by atoms with Gasteiger partial charge in [0.1, 0.15) is 5.75 Å². The van der Waals surface area contributed by atoms with Crippen molar-refractivity contribution in [2.75, 3.05) is 32.1 Å². The number of carbonyl (C=O) groups is 4. The maximum atomic E-state index is 14.0. The van der Waals surface area contributed by atoms with E-state index < -0.39 is 39.6 Å². The molecule has 0 saturated heterocycles. The summed E-state index contributed by atoms with van der Waals surface area (Å²) < 4.78 is 46.1. The molecule has 0 aliphatic rings. The van der Waals surface area contributed by atoms with Gasteiger partial charge in [-0.25, -0.2) is 9.59 Å².